The molecule has 0 atom stereocenters. The molecule has 1 fully saturated rings. The zero-order chi connectivity index (χ0) is 16.7. The number of nitrogens with zero attached hydrogens (tertiary/aromatic N) is 3. The Kier molecular flexibility index (Phi) is 6.32. The molecule has 5 nitrogen and oxygen atoms in total. The van der Waals surface area contributed by atoms with E-state index < -0.39 is 0 Å². The summed E-state index contributed by atoms with van der Waals surface area (Å²) in [6, 6.07) is 3.88. The molecule has 3 N–H and O–H groups in total. The first-order chi connectivity index (χ1) is 11.2. The smallest absolute Gasteiger partial charge is 0.227 e. The second-order valence-corrected chi connectivity index (χ2v) is 5.86. The van der Waals surface area contributed by atoms with E-state index in [1.807, 2.05) is 20.0 Å². The van der Waals surface area contributed by atoms with Gasteiger partial charge in [-0.2, -0.15) is 0 Å². The Balaban J connectivity index is 0.000000924. The van der Waals surface area contributed by atoms with E-state index in [-0.39, 0.29) is 0 Å². The molecule has 3 rings (SSSR count). The van der Waals surface area contributed by atoms with Gasteiger partial charge in [-0.15, -0.1) is 0 Å². The fourth-order valence-corrected chi connectivity index (χ4v) is 2.89. The van der Waals surface area contributed by atoms with Gasteiger partial charge in [-0.1, -0.05) is 33.6 Å². The van der Waals surface area contributed by atoms with Crippen molar-refractivity contribution in [3.63, 3.8) is 0 Å². The van der Waals surface area contributed by atoms with Crippen LogP contribution in [0, 0.1) is 5.92 Å². The number of anilines is 3. The molecule has 0 amide bonds. The fourth-order valence-electron chi connectivity index (χ4n) is 2.89. The molecular formula is C18H27N5. The topological polar surface area (TPSA) is 76.7 Å². The molecule has 23 heavy (non-hydrogen) atoms. The van der Waals surface area contributed by atoms with Crippen LogP contribution in [-0.4, -0.2) is 15.0 Å². The zero-order valence-corrected chi connectivity index (χ0v) is 14.3. The monoisotopic (exact) mass is 313 g/mol. The summed E-state index contributed by atoms with van der Waals surface area (Å²) < 4.78 is 0. The number of nitrogens with one attached hydrogen (secondary N) is 1. The maximum Gasteiger partial charge on any atom is 0.227 e. The number of hydrogen-bond donors (Lipinski definition) is 2. The van der Waals surface area contributed by atoms with Crippen molar-refractivity contribution in [2.75, 3.05) is 11.1 Å². The second kappa shape index (κ2) is 8.46. The molecule has 124 valence electrons. The summed E-state index contributed by atoms with van der Waals surface area (Å²) >= 11 is 0. The first-order valence-corrected chi connectivity index (χ1v) is 8.52. The number of hydrogen-bond acceptors (Lipinski definition) is 5. The zero-order valence-electron chi connectivity index (χ0n) is 14.3. The maximum atomic E-state index is 5.96. The summed E-state index contributed by atoms with van der Waals surface area (Å²) in [6.45, 7) is 6.33. The van der Waals surface area contributed by atoms with Crippen molar-refractivity contribution >= 4 is 17.5 Å². The Bertz CT molecular complexity index is 592. The summed E-state index contributed by atoms with van der Waals surface area (Å²) in [5, 5.41) is 3.15. The van der Waals surface area contributed by atoms with E-state index in [9.17, 15) is 0 Å². The highest BCUT2D eigenvalue weighted by Gasteiger charge is 2.20. The van der Waals surface area contributed by atoms with Crippen molar-refractivity contribution in [2.24, 2.45) is 5.92 Å². The minimum absolute atomic E-state index is 0.482. The molecule has 1 aliphatic carbocycles. The van der Waals surface area contributed by atoms with Gasteiger partial charge < -0.3 is 11.1 Å². The van der Waals surface area contributed by atoms with Crippen LogP contribution in [0.3, 0.4) is 0 Å². The molecule has 0 bridgehead atoms. The third-order valence-corrected chi connectivity index (χ3v) is 4.24. The number of aromatic nitrogens is 3. The Labute approximate surface area is 138 Å². The van der Waals surface area contributed by atoms with Crippen LogP contribution >= 0.6 is 0 Å². The standard InChI is InChI=1S/C16H21N5.C2H6/c1-11-3-5-12(6-4-11)13-9-14(15(17)20-10-13)21-16-18-7-2-8-19-16;1-2/h2,7-12H,3-6H2,1H3,(H2,17,20)(H,18,19,21);1-2H3. The van der Waals surface area contributed by atoms with Gasteiger partial charge in [-0.3, -0.25) is 0 Å². The van der Waals surface area contributed by atoms with Gasteiger partial charge in [0.1, 0.15) is 5.82 Å². The highest BCUT2D eigenvalue weighted by molar-refractivity contribution is 5.67. The number of nitrogen functional groups attached to an aromatic ring is 1. The SMILES string of the molecule is CC.CC1CCC(c2cnc(N)c(Nc3ncccn3)c2)CC1. The molecule has 0 aromatic carbocycles. The third kappa shape index (κ3) is 4.65. The average molecular weight is 313 g/mol. The van der Waals surface area contributed by atoms with E-state index >= 15 is 0 Å². The van der Waals surface area contributed by atoms with Gasteiger partial charge in [0, 0.05) is 18.6 Å². The molecule has 1 saturated carbocycles. The average Bonchev–Trinajstić information content (AvgIpc) is 2.60. The molecule has 0 saturated heterocycles. The summed E-state index contributed by atoms with van der Waals surface area (Å²) in [5.41, 5.74) is 8.01. The molecule has 2 aromatic heterocycles. The van der Waals surface area contributed by atoms with Gasteiger partial charge >= 0.3 is 0 Å². The Hall–Kier alpha value is -2.17. The minimum Gasteiger partial charge on any atom is -0.382 e. The van der Waals surface area contributed by atoms with Gasteiger partial charge in [0.15, 0.2) is 0 Å². The van der Waals surface area contributed by atoms with Crippen LogP contribution in [0.5, 0.6) is 0 Å². The van der Waals surface area contributed by atoms with E-state index in [2.05, 4.69) is 33.3 Å². The van der Waals surface area contributed by atoms with Crippen LogP contribution < -0.4 is 11.1 Å². The summed E-state index contributed by atoms with van der Waals surface area (Å²) in [5.74, 6) is 2.46. The lowest BCUT2D eigenvalue weighted by atomic mass is 9.80. The van der Waals surface area contributed by atoms with Gasteiger partial charge in [0.25, 0.3) is 0 Å². The number of rotatable bonds is 3. The van der Waals surface area contributed by atoms with E-state index in [1.165, 1.54) is 31.2 Å². The van der Waals surface area contributed by atoms with Crippen LogP contribution in [0.15, 0.2) is 30.7 Å². The molecule has 0 unspecified atom stereocenters. The molecule has 2 heterocycles. The first-order valence-electron chi connectivity index (χ1n) is 8.52. The van der Waals surface area contributed by atoms with Crippen LogP contribution in [-0.2, 0) is 0 Å². The molecule has 1 aliphatic rings. The van der Waals surface area contributed by atoms with Crippen molar-refractivity contribution in [2.45, 2.75) is 52.4 Å². The van der Waals surface area contributed by atoms with Gasteiger partial charge in [0.05, 0.1) is 5.69 Å². The Morgan fingerprint density at radius 1 is 1.04 bits per heavy atom. The minimum atomic E-state index is 0.482. The van der Waals surface area contributed by atoms with E-state index in [0.29, 0.717) is 17.7 Å². The first kappa shape index (κ1) is 17.2. The number of pyridine rings is 1. The quantitative estimate of drug-likeness (QED) is 0.871. The summed E-state index contributed by atoms with van der Waals surface area (Å²) in [4.78, 5) is 12.7. The third-order valence-electron chi connectivity index (χ3n) is 4.24. The summed E-state index contributed by atoms with van der Waals surface area (Å²) in [6.07, 6.45) is 10.4. The molecule has 0 aliphatic heterocycles. The van der Waals surface area contributed by atoms with Crippen molar-refractivity contribution in [3.8, 4) is 0 Å². The predicted molar refractivity (Wildman–Crippen MR) is 95.7 cm³/mol. The lowest BCUT2D eigenvalue weighted by Gasteiger charge is -2.26. The normalized spacial score (nSPS) is 20.3. The molecule has 0 radical (unpaired) electrons. The van der Waals surface area contributed by atoms with Crippen molar-refractivity contribution in [3.05, 3.63) is 36.3 Å². The largest absolute Gasteiger partial charge is 0.382 e. The van der Waals surface area contributed by atoms with Crippen molar-refractivity contribution in [1.82, 2.24) is 15.0 Å². The Morgan fingerprint density at radius 3 is 2.35 bits per heavy atom. The van der Waals surface area contributed by atoms with Crippen molar-refractivity contribution in [1.29, 1.82) is 0 Å². The highest BCUT2D eigenvalue weighted by Crippen LogP contribution is 2.36. The lowest BCUT2D eigenvalue weighted by molar-refractivity contribution is 0.347. The van der Waals surface area contributed by atoms with Crippen LogP contribution in [0.4, 0.5) is 17.5 Å². The van der Waals surface area contributed by atoms with Crippen LogP contribution in [0.2, 0.25) is 0 Å². The maximum absolute atomic E-state index is 5.96. The predicted octanol–water partition coefficient (Wildman–Crippen LogP) is 4.52. The van der Waals surface area contributed by atoms with Gasteiger partial charge in [-0.05, 0) is 42.4 Å². The van der Waals surface area contributed by atoms with Crippen LogP contribution in [0.1, 0.15) is 57.9 Å². The highest BCUT2D eigenvalue weighted by atomic mass is 15.1. The molecular weight excluding hydrogens is 286 g/mol. The van der Waals surface area contributed by atoms with Gasteiger partial charge in [-0.25, -0.2) is 15.0 Å². The second-order valence-electron chi connectivity index (χ2n) is 5.86. The van der Waals surface area contributed by atoms with E-state index in [0.717, 1.165) is 11.6 Å². The Morgan fingerprint density at radius 2 is 1.70 bits per heavy atom. The fraction of sp³-hybridized carbons (Fsp3) is 0.500. The van der Waals surface area contributed by atoms with E-state index in [1.54, 1.807) is 18.5 Å². The van der Waals surface area contributed by atoms with E-state index in [4.69, 9.17) is 5.73 Å². The molecule has 5 heteroatoms. The number of nitrogens with two attached hydrogens (primary N) is 1. The molecule has 0 spiro atoms. The molecule has 2 aromatic rings. The van der Waals surface area contributed by atoms with Gasteiger partial charge in [0.2, 0.25) is 5.95 Å². The lowest BCUT2D eigenvalue weighted by Crippen LogP contribution is -2.12. The van der Waals surface area contributed by atoms with Crippen molar-refractivity contribution < 1.29 is 0 Å². The summed E-state index contributed by atoms with van der Waals surface area (Å²) in [7, 11) is 0. The van der Waals surface area contributed by atoms with Crippen LogP contribution in [0.25, 0.3) is 0 Å².